The first kappa shape index (κ1) is 14.7. The highest BCUT2D eigenvalue weighted by atomic mass is 35.5. The highest BCUT2D eigenvalue weighted by Crippen LogP contribution is 2.37. The van der Waals surface area contributed by atoms with Gasteiger partial charge in [0.1, 0.15) is 0 Å². The van der Waals surface area contributed by atoms with Gasteiger partial charge in [0, 0.05) is 30.3 Å². The maximum atomic E-state index is 6.11. The molecule has 0 bridgehead atoms. The molecule has 1 atom stereocenters. The second-order valence-electron chi connectivity index (χ2n) is 6.60. The predicted molar refractivity (Wildman–Crippen MR) is 84.0 cm³/mol. The maximum absolute atomic E-state index is 6.11. The Morgan fingerprint density at radius 2 is 2.11 bits per heavy atom. The molecule has 0 radical (unpaired) electrons. The zero-order valence-electron chi connectivity index (χ0n) is 12.5. The molecular formula is C16H25ClN2. The van der Waals surface area contributed by atoms with Crippen molar-refractivity contribution in [3.8, 4) is 0 Å². The van der Waals surface area contributed by atoms with Crippen LogP contribution in [0.3, 0.4) is 0 Å². The molecule has 1 aromatic rings. The van der Waals surface area contributed by atoms with Gasteiger partial charge in [0.15, 0.2) is 0 Å². The van der Waals surface area contributed by atoms with Crippen molar-refractivity contribution in [2.45, 2.75) is 33.7 Å². The van der Waals surface area contributed by atoms with E-state index >= 15 is 0 Å². The molecule has 2 nitrogen and oxygen atoms in total. The standard InChI is InChI=1S/C16H25ClN2/c1-16(2,3)13-7-8-19(11-13)15-6-5-14(17)9-12(15)10-18-4/h5-6,9,13,18H,7-8,10-11H2,1-4H3. The van der Waals surface area contributed by atoms with Gasteiger partial charge in [-0.05, 0) is 48.6 Å². The number of nitrogens with zero attached hydrogens (tertiary/aromatic N) is 1. The first-order valence-corrected chi connectivity index (χ1v) is 7.47. The minimum Gasteiger partial charge on any atom is -0.371 e. The number of rotatable bonds is 3. The third-order valence-electron chi connectivity index (χ3n) is 4.16. The molecule has 1 aliphatic heterocycles. The van der Waals surface area contributed by atoms with Crippen molar-refractivity contribution in [3.63, 3.8) is 0 Å². The molecule has 1 aromatic carbocycles. The fourth-order valence-corrected chi connectivity index (χ4v) is 3.08. The van der Waals surface area contributed by atoms with Crippen LogP contribution >= 0.6 is 11.6 Å². The van der Waals surface area contributed by atoms with E-state index < -0.39 is 0 Å². The molecule has 1 fully saturated rings. The molecule has 106 valence electrons. The summed E-state index contributed by atoms with van der Waals surface area (Å²) >= 11 is 6.11. The Labute approximate surface area is 122 Å². The van der Waals surface area contributed by atoms with E-state index in [1.54, 1.807) is 0 Å². The van der Waals surface area contributed by atoms with Crippen LogP contribution in [-0.4, -0.2) is 20.1 Å². The summed E-state index contributed by atoms with van der Waals surface area (Å²) in [5.41, 5.74) is 3.03. The van der Waals surface area contributed by atoms with E-state index in [2.05, 4.69) is 43.1 Å². The molecule has 1 N–H and O–H groups in total. The van der Waals surface area contributed by atoms with Crippen molar-refractivity contribution in [2.24, 2.45) is 11.3 Å². The van der Waals surface area contributed by atoms with Gasteiger partial charge in [0.05, 0.1) is 0 Å². The zero-order valence-corrected chi connectivity index (χ0v) is 13.2. The number of hydrogen-bond donors (Lipinski definition) is 1. The number of hydrogen-bond acceptors (Lipinski definition) is 2. The summed E-state index contributed by atoms with van der Waals surface area (Å²) in [5.74, 6) is 0.769. The molecule has 1 unspecified atom stereocenters. The van der Waals surface area contributed by atoms with Gasteiger partial charge in [-0.3, -0.25) is 0 Å². The topological polar surface area (TPSA) is 15.3 Å². The summed E-state index contributed by atoms with van der Waals surface area (Å²) in [6.45, 7) is 10.2. The van der Waals surface area contributed by atoms with Gasteiger partial charge in [-0.15, -0.1) is 0 Å². The molecule has 0 saturated carbocycles. The van der Waals surface area contributed by atoms with Crippen LogP contribution in [0.1, 0.15) is 32.8 Å². The lowest BCUT2D eigenvalue weighted by atomic mass is 9.80. The fraction of sp³-hybridized carbons (Fsp3) is 0.625. The first-order chi connectivity index (χ1) is 8.91. The highest BCUT2D eigenvalue weighted by molar-refractivity contribution is 6.30. The Balaban J connectivity index is 2.19. The Morgan fingerprint density at radius 1 is 1.37 bits per heavy atom. The molecule has 1 heterocycles. The van der Waals surface area contributed by atoms with Gasteiger partial charge in [-0.1, -0.05) is 32.4 Å². The number of nitrogens with one attached hydrogen (secondary N) is 1. The van der Waals surface area contributed by atoms with Crippen LogP contribution in [0.2, 0.25) is 5.02 Å². The average Bonchev–Trinajstić information content (AvgIpc) is 2.78. The van der Waals surface area contributed by atoms with Crippen molar-refractivity contribution in [2.75, 3.05) is 25.0 Å². The second kappa shape index (κ2) is 5.72. The molecule has 0 aliphatic carbocycles. The monoisotopic (exact) mass is 280 g/mol. The fourth-order valence-electron chi connectivity index (χ4n) is 2.88. The quantitative estimate of drug-likeness (QED) is 0.902. The minimum absolute atomic E-state index is 0.393. The van der Waals surface area contributed by atoms with Crippen molar-refractivity contribution in [3.05, 3.63) is 28.8 Å². The molecule has 3 heteroatoms. The van der Waals surface area contributed by atoms with Gasteiger partial charge in [-0.2, -0.15) is 0 Å². The maximum Gasteiger partial charge on any atom is 0.0412 e. The van der Waals surface area contributed by atoms with Crippen LogP contribution < -0.4 is 10.2 Å². The average molecular weight is 281 g/mol. The lowest BCUT2D eigenvalue weighted by molar-refractivity contribution is 0.263. The Kier molecular flexibility index (Phi) is 4.42. The lowest BCUT2D eigenvalue weighted by Gasteiger charge is -2.28. The van der Waals surface area contributed by atoms with Gasteiger partial charge in [-0.25, -0.2) is 0 Å². The van der Waals surface area contributed by atoms with E-state index in [0.717, 1.165) is 30.6 Å². The van der Waals surface area contributed by atoms with E-state index in [9.17, 15) is 0 Å². The first-order valence-electron chi connectivity index (χ1n) is 7.10. The van der Waals surface area contributed by atoms with Crippen LogP contribution in [0.5, 0.6) is 0 Å². The molecule has 0 aromatic heterocycles. The van der Waals surface area contributed by atoms with Crippen LogP contribution in [0.15, 0.2) is 18.2 Å². The molecule has 19 heavy (non-hydrogen) atoms. The van der Waals surface area contributed by atoms with E-state index in [0.29, 0.717) is 5.41 Å². The molecule has 1 aliphatic rings. The highest BCUT2D eigenvalue weighted by Gasteiger charge is 2.32. The number of halogens is 1. The van der Waals surface area contributed by atoms with Gasteiger partial charge >= 0.3 is 0 Å². The number of anilines is 1. The Hall–Kier alpha value is -0.730. The van der Waals surface area contributed by atoms with Gasteiger partial charge in [0.25, 0.3) is 0 Å². The summed E-state index contributed by atoms with van der Waals surface area (Å²) in [7, 11) is 1.98. The Bertz CT molecular complexity index is 437. The van der Waals surface area contributed by atoms with Crippen molar-refractivity contribution in [1.82, 2.24) is 5.32 Å². The minimum atomic E-state index is 0.393. The zero-order chi connectivity index (χ0) is 14.0. The summed E-state index contributed by atoms with van der Waals surface area (Å²) < 4.78 is 0. The van der Waals surface area contributed by atoms with Crippen LogP contribution in [0.4, 0.5) is 5.69 Å². The predicted octanol–water partition coefficient (Wildman–Crippen LogP) is 3.93. The lowest BCUT2D eigenvalue weighted by Crippen LogP contribution is -2.26. The molecule has 1 saturated heterocycles. The molecule has 0 amide bonds. The summed E-state index contributed by atoms with van der Waals surface area (Å²) in [6, 6.07) is 6.25. The third-order valence-corrected chi connectivity index (χ3v) is 4.40. The van der Waals surface area contributed by atoms with Crippen LogP contribution in [0.25, 0.3) is 0 Å². The number of benzene rings is 1. The van der Waals surface area contributed by atoms with Crippen LogP contribution in [0, 0.1) is 11.3 Å². The summed E-state index contributed by atoms with van der Waals surface area (Å²) in [6.07, 6.45) is 1.28. The van der Waals surface area contributed by atoms with Crippen molar-refractivity contribution < 1.29 is 0 Å². The third kappa shape index (κ3) is 3.43. The van der Waals surface area contributed by atoms with Gasteiger partial charge < -0.3 is 10.2 Å². The smallest absolute Gasteiger partial charge is 0.0412 e. The summed E-state index contributed by atoms with van der Waals surface area (Å²) in [5, 5.41) is 4.05. The largest absolute Gasteiger partial charge is 0.371 e. The van der Waals surface area contributed by atoms with E-state index in [4.69, 9.17) is 11.6 Å². The molecule has 0 spiro atoms. The SMILES string of the molecule is CNCc1cc(Cl)ccc1N1CCC(C(C)(C)C)C1. The van der Waals surface area contributed by atoms with Crippen molar-refractivity contribution in [1.29, 1.82) is 0 Å². The summed E-state index contributed by atoms with van der Waals surface area (Å²) in [4.78, 5) is 2.51. The van der Waals surface area contributed by atoms with Crippen LogP contribution in [-0.2, 0) is 6.54 Å². The van der Waals surface area contributed by atoms with E-state index in [1.807, 2.05) is 13.1 Å². The Morgan fingerprint density at radius 3 is 2.68 bits per heavy atom. The normalized spacial score (nSPS) is 20.1. The second-order valence-corrected chi connectivity index (χ2v) is 7.04. The van der Waals surface area contributed by atoms with E-state index in [-0.39, 0.29) is 0 Å². The van der Waals surface area contributed by atoms with Gasteiger partial charge in [0.2, 0.25) is 0 Å². The van der Waals surface area contributed by atoms with E-state index in [1.165, 1.54) is 17.7 Å². The molecular weight excluding hydrogens is 256 g/mol. The van der Waals surface area contributed by atoms with Crippen molar-refractivity contribution >= 4 is 17.3 Å². The molecule has 2 rings (SSSR count).